The van der Waals surface area contributed by atoms with Gasteiger partial charge in [-0.15, -0.1) is 0 Å². The van der Waals surface area contributed by atoms with Gasteiger partial charge in [-0.25, -0.2) is 0 Å². The Bertz CT molecular complexity index is 896. The second-order valence-electron chi connectivity index (χ2n) is 8.69. The number of hydrogen-bond donors (Lipinski definition) is 1. The molecule has 1 aliphatic carbocycles. The summed E-state index contributed by atoms with van der Waals surface area (Å²) in [6, 6.07) is 8.55. The second kappa shape index (κ2) is 7.82. The third-order valence-electron chi connectivity index (χ3n) is 6.90. The number of ether oxygens (including phenoxy) is 1. The van der Waals surface area contributed by atoms with E-state index in [4.69, 9.17) is 4.74 Å². The molecule has 1 aromatic heterocycles. The Labute approximate surface area is 173 Å². The number of benzene rings is 1. The predicted molar refractivity (Wildman–Crippen MR) is 113 cm³/mol. The van der Waals surface area contributed by atoms with Crippen molar-refractivity contribution in [3.05, 3.63) is 46.8 Å². The van der Waals surface area contributed by atoms with E-state index in [-0.39, 0.29) is 17.6 Å². The summed E-state index contributed by atoms with van der Waals surface area (Å²) in [5.41, 5.74) is 4.29. The van der Waals surface area contributed by atoms with Gasteiger partial charge in [0.1, 0.15) is 17.9 Å². The SMILES string of the molecule is Cc1nn(CC(=O)N(C)C2CCC3(CC2)CNCc2ccccc2O3)c(C)c1C. The summed E-state index contributed by atoms with van der Waals surface area (Å²) in [7, 11) is 1.94. The number of nitrogens with one attached hydrogen (secondary N) is 1. The molecule has 6 heteroatoms. The summed E-state index contributed by atoms with van der Waals surface area (Å²) in [5, 5.41) is 8.08. The lowest BCUT2D eigenvalue weighted by Gasteiger charge is -2.42. The maximum atomic E-state index is 12.9. The largest absolute Gasteiger partial charge is 0.486 e. The van der Waals surface area contributed by atoms with Crippen LogP contribution in [0.5, 0.6) is 5.75 Å². The standard InChI is InChI=1S/C23H32N4O2/c1-16-17(2)25-27(18(16)3)14-22(28)26(4)20-9-11-23(12-10-20)15-24-13-19-7-5-6-8-21(19)29-23/h5-8,20,24H,9-15H2,1-4H3. The van der Waals surface area contributed by atoms with E-state index in [0.717, 1.165) is 55.9 Å². The Balaban J connectivity index is 1.39. The van der Waals surface area contributed by atoms with Gasteiger partial charge in [-0.1, -0.05) is 18.2 Å². The van der Waals surface area contributed by atoms with Crippen molar-refractivity contribution in [1.29, 1.82) is 0 Å². The molecular formula is C23H32N4O2. The molecule has 0 saturated heterocycles. The van der Waals surface area contributed by atoms with Crippen molar-refractivity contribution < 1.29 is 9.53 Å². The topological polar surface area (TPSA) is 59.4 Å². The van der Waals surface area contributed by atoms with Crippen LogP contribution in [0.25, 0.3) is 0 Å². The molecule has 4 rings (SSSR count). The second-order valence-corrected chi connectivity index (χ2v) is 8.69. The molecule has 1 aliphatic heterocycles. The van der Waals surface area contributed by atoms with E-state index < -0.39 is 0 Å². The molecule has 0 radical (unpaired) electrons. The van der Waals surface area contributed by atoms with E-state index in [1.807, 2.05) is 36.5 Å². The number of aromatic nitrogens is 2. The smallest absolute Gasteiger partial charge is 0.244 e. The highest BCUT2D eigenvalue weighted by Gasteiger charge is 2.40. The van der Waals surface area contributed by atoms with Crippen LogP contribution >= 0.6 is 0 Å². The monoisotopic (exact) mass is 396 g/mol. The van der Waals surface area contributed by atoms with Crippen LogP contribution in [-0.2, 0) is 17.9 Å². The van der Waals surface area contributed by atoms with Gasteiger partial charge in [-0.2, -0.15) is 5.10 Å². The molecule has 1 spiro atoms. The van der Waals surface area contributed by atoms with Crippen LogP contribution in [0, 0.1) is 20.8 Å². The maximum Gasteiger partial charge on any atom is 0.244 e. The fourth-order valence-corrected chi connectivity index (χ4v) is 4.62. The molecule has 6 nitrogen and oxygen atoms in total. The van der Waals surface area contributed by atoms with Gasteiger partial charge in [0.15, 0.2) is 0 Å². The van der Waals surface area contributed by atoms with E-state index in [1.54, 1.807) is 0 Å². The van der Waals surface area contributed by atoms with Crippen LogP contribution in [0.1, 0.15) is 48.2 Å². The van der Waals surface area contributed by atoms with Gasteiger partial charge in [-0.3, -0.25) is 9.48 Å². The molecular weight excluding hydrogens is 364 g/mol. The lowest BCUT2D eigenvalue weighted by atomic mass is 9.81. The summed E-state index contributed by atoms with van der Waals surface area (Å²) in [6.07, 6.45) is 3.83. The number of fused-ring (bicyclic) bond motifs is 1. The van der Waals surface area contributed by atoms with Gasteiger partial charge in [0, 0.05) is 37.4 Å². The van der Waals surface area contributed by atoms with Crippen LogP contribution in [0.2, 0.25) is 0 Å². The lowest BCUT2D eigenvalue weighted by molar-refractivity contribution is -0.134. The number of nitrogens with zero attached hydrogens (tertiary/aromatic N) is 3. The molecule has 2 aromatic rings. The zero-order valence-corrected chi connectivity index (χ0v) is 18.0. The van der Waals surface area contributed by atoms with Crippen molar-refractivity contribution in [3.8, 4) is 5.75 Å². The number of para-hydroxylation sites is 1. The third-order valence-corrected chi connectivity index (χ3v) is 6.90. The van der Waals surface area contributed by atoms with E-state index >= 15 is 0 Å². The van der Waals surface area contributed by atoms with Crippen LogP contribution in [-0.4, -0.2) is 45.8 Å². The molecule has 1 fully saturated rings. The highest BCUT2D eigenvalue weighted by Crippen LogP contribution is 2.37. The van der Waals surface area contributed by atoms with E-state index in [0.29, 0.717) is 6.54 Å². The average molecular weight is 397 g/mol. The Kier molecular flexibility index (Phi) is 5.38. The van der Waals surface area contributed by atoms with Crippen LogP contribution in [0.3, 0.4) is 0 Å². The van der Waals surface area contributed by atoms with Gasteiger partial charge in [0.25, 0.3) is 0 Å². The first kappa shape index (κ1) is 20.0. The Morgan fingerprint density at radius 1 is 1.28 bits per heavy atom. The fourth-order valence-electron chi connectivity index (χ4n) is 4.62. The van der Waals surface area contributed by atoms with Crippen molar-refractivity contribution >= 4 is 5.91 Å². The first-order chi connectivity index (χ1) is 13.9. The number of rotatable bonds is 3. The quantitative estimate of drug-likeness (QED) is 0.866. The van der Waals surface area contributed by atoms with Crippen LogP contribution < -0.4 is 10.1 Å². The van der Waals surface area contributed by atoms with Gasteiger partial charge in [0.2, 0.25) is 5.91 Å². The van der Waals surface area contributed by atoms with Gasteiger partial charge < -0.3 is 15.0 Å². The van der Waals surface area contributed by atoms with E-state index in [9.17, 15) is 4.79 Å². The molecule has 2 heterocycles. The fraction of sp³-hybridized carbons (Fsp3) is 0.565. The van der Waals surface area contributed by atoms with Crippen molar-refractivity contribution in [2.45, 2.75) is 71.2 Å². The highest BCUT2D eigenvalue weighted by molar-refractivity contribution is 5.76. The number of aryl methyl sites for hydroxylation is 1. The summed E-state index contributed by atoms with van der Waals surface area (Å²) in [5.74, 6) is 1.13. The van der Waals surface area contributed by atoms with Crippen molar-refractivity contribution in [2.24, 2.45) is 0 Å². The molecule has 0 unspecified atom stereocenters. The Morgan fingerprint density at radius 3 is 2.69 bits per heavy atom. The zero-order chi connectivity index (χ0) is 20.6. The predicted octanol–water partition coefficient (Wildman–Crippen LogP) is 3.13. The first-order valence-corrected chi connectivity index (χ1v) is 10.6. The van der Waals surface area contributed by atoms with E-state index in [2.05, 4.69) is 35.5 Å². The zero-order valence-electron chi connectivity index (χ0n) is 18.0. The number of amides is 1. The molecule has 1 amide bonds. The molecule has 2 aliphatic rings. The highest BCUT2D eigenvalue weighted by atomic mass is 16.5. The first-order valence-electron chi connectivity index (χ1n) is 10.6. The number of hydrogen-bond acceptors (Lipinski definition) is 4. The molecule has 1 aromatic carbocycles. The number of carbonyl (C=O) groups is 1. The Hall–Kier alpha value is -2.34. The minimum atomic E-state index is -0.167. The van der Waals surface area contributed by atoms with Gasteiger partial charge in [-0.05, 0) is 58.1 Å². The molecule has 29 heavy (non-hydrogen) atoms. The molecule has 156 valence electrons. The summed E-state index contributed by atoms with van der Waals surface area (Å²) >= 11 is 0. The Morgan fingerprint density at radius 2 is 2.00 bits per heavy atom. The maximum absolute atomic E-state index is 12.9. The van der Waals surface area contributed by atoms with E-state index in [1.165, 1.54) is 11.1 Å². The average Bonchev–Trinajstić information content (AvgIpc) is 2.87. The minimum Gasteiger partial charge on any atom is -0.486 e. The summed E-state index contributed by atoms with van der Waals surface area (Å²) in [4.78, 5) is 14.8. The number of likely N-dealkylation sites (N-methyl/N-ethyl adjacent to an activating group) is 1. The molecule has 1 N–H and O–H groups in total. The normalized spacial score (nSPS) is 23.9. The minimum absolute atomic E-state index is 0.127. The van der Waals surface area contributed by atoms with Gasteiger partial charge in [0.05, 0.1) is 5.69 Å². The van der Waals surface area contributed by atoms with Crippen LogP contribution in [0.4, 0.5) is 0 Å². The van der Waals surface area contributed by atoms with Gasteiger partial charge >= 0.3 is 0 Å². The van der Waals surface area contributed by atoms with Crippen LogP contribution in [0.15, 0.2) is 24.3 Å². The molecule has 1 saturated carbocycles. The van der Waals surface area contributed by atoms with Crippen molar-refractivity contribution in [1.82, 2.24) is 20.0 Å². The summed E-state index contributed by atoms with van der Waals surface area (Å²) < 4.78 is 8.36. The van der Waals surface area contributed by atoms with Crippen molar-refractivity contribution in [3.63, 3.8) is 0 Å². The lowest BCUT2D eigenvalue weighted by Crippen LogP contribution is -2.51. The summed E-state index contributed by atoms with van der Waals surface area (Å²) in [6.45, 7) is 8.10. The molecule has 0 atom stereocenters. The number of carbonyl (C=O) groups excluding carboxylic acids is 1. The third kappa shape index (κ3) is 3.90. The molecule has 0 bridgehead atoms. The van der Waals surface area contributed by atoms with Crippen molar-refractivity contribution in [2.75, 3.05) is 13.6 Å².